The molecule has 2 amide bonds. The van der Waals surface area contributed by atoms with E-state index in [2.05, 4.69) is 16.9 Å². The molecule has 2 aliphatic rings. The van der Waals surface area contributed by atoms with Crippen LogP contribution in [0.5, 0.6) is 0 Å². The molecule has 0 aliphatic carbocycles. The van der Waals surface area contributed by atoms with E-state index in [0.717, 1.165) is 25.7 Å². The predicted molar refractivity (Wildman–Crippen MR) is 90.5 cm³/mol. The van der Waals surface area contributed by atoms with Crippen molar-refractivity contribution in [2.24, 2.45) is 0 Å². The number of nitrogens with zero attached hydrogens (tertiary/aromatic N) is 5. The van der Waals surface area contributed by atoms with Gasteiger partial charge in [0.25, 0.3) is 0 Å². The molecule has 1 aromatic rings. The van der Waals surface area contributed by atoms with Crippen molar-refractivity contribution in [2.75, 3.05) is 37.6 Å². The van der Waals surface area contributed by atoms with E-state index in [0.29, 0.717) is 38.7 Å². The molecule has 0 aromatic carbocycles. The first kappa shape index (κ1) is 16.7. The molecule has 0 N–H and O–H groups in total. The number of rotatable bonds is 2. The monoisotopic (exact) mass is 331 g/mol. The number of hydrogen-bond acceptors (Lipinski definition) is 5. The molecule has 3 heterocycles. The van der Waals surface area contributed by atoms with E-state index in [9.17, 15) is 9.59 Å². The largest absolute Gasteiger partial charge is 0.337 e. The first-order chi connectivity index (χ1) is 11.7. The van der Waals surface area contributed by atoms with Crippen LogP contribution in [0.15, 0.2) is 18.5 Å². The lowest BCUT2D eigenvalue weighted by molar-refractivity contribution is -0.154. The second kappa shape index (κ2) is 7.59. The zero-order valence-electron chi connectivity index (χ0n) is 14.2. The van der Waals surface area contributed by atoms with Crippen molar-refractivity contribution in [1.29, 1.82) is 0 Å². The summed E-state index contributed by atoms with van der Waals surface area (Å²) in [4.78, 5) is 39.2. The summed E-state index contributed by atoms with van der Waals surface area (Å²) in [5.74, 6) is -0.00653. The molecule has 1 atom stereocenters. The highest BCUT2D eigenvalue weighted by Gasteiger charge is 2.33. The fourth-order valence-corrected chi connectivity index (χ4v) is 3.51. The topological polar surface area (TPSA) is 69.6 Å². The van der Waals surface area contributed by atoms with Crippen molar-refractivity contribution in [3.8, 4) is 0 Å². The Hall–Kier alpha value is -2.18. The van der Waals surface area contributed by atoms with E-state index >= 15 is 0 Å². The summed E-state index contributed by atoms with van der Waals surface area (Å²) in [7, 11) is 0. The first-order valence-electron chi connectivity index (χ1n) is 8.82. The van der Waals surface area contributed by atoms with E-state index in [1.54, 1.807) is 28.3 Å². The highest BCUT2D eigenvalue weighted by Crippen LogP contribution is 2.20. The van der Waals surface area contributed by atoms with Gasteiger partial charge in [0.15, 0.2) is 0 Å². The predicted octanol–water partition coefficient (Wildman–Crippen LogP) is 0.916. The van der Waals surface area contributed by atoms with Gasteiger partial charge in [0.2, 0.25) is 5.95 Å². The van der Waals surface area contributed by atoms with Crippen LogP contribution in [0.2, 0.25) is 0 Å². The molecule has 2 fully saturated rings. The van der Waals surface area contributed by atoms with Crippen LogP contribution < -0.4 is 4.90 Å². The zero-order chi connectivity index (χ0) is 16.9. The van der Waals surface area contributed by atoms with Crippen molar-refractivity contribution in [3.63, 3.8) is 0 Å². The number of hydrogen-bond donors (Lipinski definition) is 0. The molecule has 0 bridgehead atoms. The quantitative estimate of drug-likeness (QED) is 0.754. The first-order valence-corrected chi connectivity index (χ1v) is 8.82. The van der Waals surface area contributed by atoms with Gasteiger partial charge in [0, 0.05) is 51.2 Å². The molecular weight excluding hydrogens is 306 g/mol. The van der Waals surface area contributed by atoms with Gasteiger partial charge in [-0.05, 0) is 31.7 Å². The van der Waals surface area contributed by atoms with Crippen LogP contribution in [-0.4, -0.2) is 70.3 Å². The fraction of sp³-hybridized carbons (Fsp3) is 0.647. The molecule has 7 heteroatoms. The van der Waals surface area contributed by atoms with Crippen LogP contribution in [0.3, 0.4) is 0 Å². The molecule has 0 spiro atoms. The molecule has 2 saturated heterocycles. The van der Waals surface area contributed by atoms with Gasteiger partial charge >= 0.3 is 11.8 Å². The van der Waals surface area contributed by atoms with E-state index in [1.807, 2.05) is 4.90 Å². The Labute approximate surface area is 142 Å². The Bertz CT molecular complexity index is 572. The summed E-state index contributed by atoms with van der Waals surface area (Å²) >= 11 is 0. The highest BCUT2D eigenvalue weighted by atomic mass is 16.2. The van der Waals surface area contributed by atoms with Gasteiger partial charge in [-0.15, -0.1) is 0 Å². The Morgan fingerprint density at radius 1 is 1.04 bits per heavy atom. The van der Waals surface area contributed by atoms with Crippen molar-refractivity contribution in [1.82, 2.24) is 19.8 Å². The van der Waals surface area contributed by atoms with Crippen molar-refractivity contribution >= 4 is 17.8 Å². The molecule has 130 valence electrons. The Morgan fingerprint density at radius 3 is 2.42 bits per heavy atom. The van der Waals surface area contributed by atoms with E-state index in [-0.39, 0.29) is 17.9 Å². The van der Waals surface area contributed by atoms with Gasteiger partial charge < -0.3 is 14.7 Å². The number of piperazine rings is 1. The Kier molecular flexibility index (Phi) is 5.27. The van der Waals surface area contributed by atoms with Crippen LogP contribution in [0.1, 0.15) is 32.6 Å². The number of likely N-dealkylation sites (tertiary alicyclic amines) is 1. The lowest BCUT2D eigenvalue weighted by Crippen LogP contribution is -2.55. The van der Waals surface area contributed by atoms with Crippen molar-refractivity contribution in [3.05, 3.63) is 18.5 Å². The maximum Gasteiger partial charge on any atom is 0.312 e. The lowest BCUT2D eigenvalue weighted by atomic mass is 10.00. The van der Waals surface area contributed by atoms with E-state index < -0.39 is 0 Å². The molecule has 2 aliphatic heterocycles. The third kappa shape index (κ3) is 3.49. The molecule has 3 rings (SSSR count). The smallest absolute Gasteiger partial charge is 0.312 e. The summed E-state index contributed by atoms with van der Waals surface area (Å²) in [5.41, 5.74) is 0. The van der Waals surface area contributed by atoms with Gasteiger partial charge in [-0.1, -0.05) is 6.92 Å². The van der Waals surface area contributed by atoms with Gasteiger partial charge in [-0.3, -0.25) is 9.59 Å². The minimum Gasteiger partial charge on any atom is -0.337 e. The van der Waals surface area contributed by atoms with E-state index in [4.69, 9.17) is 0 Å². The number of piperidine rings is 1. The molecule has 1 unspecified atom stereocenters. The number of carbonyl (C=O) groups excluding carboxylic acids is 2. The summed E-state index contributed by atoms with van der Waals surface area (Å²) in [6, 6.07) is 2.00. The van der Waals surface area contributed by atoms with Gasteiger partial charge in [0.05, 0.1) is 0 Å². The Balaban J connectivity index is 1.57. The lowest BCUT2D eigenvalue weighted by Gasteiger charge is -2.38. The third-order valence-electron chi connectivity index (χ3n) is 4.94. The zero-order valence-corrected chi connectivity index (χ0v) is 14.2. The maximum atomic E-state index is 12.6. The average Bonchev–Trinajstić information content (AvgIpc) is 2.67. The van der Waals surface area contributed by atoms with E-state index in [1.165, 1.54) is 0 Å². The minimum atomic E-state index is -0.357. The molecule has 7 nitrogen and oxygen atoms in total. The maximum absolute atomic E-state index is 12.6. The Morgan fingerprint density at radius 2 is 1.75 bits per heavy atom. The minimum absolute atomic E-state index is 0.217. The summed E-state index contributed by atoms with van der Waals surface area (Å²) in [5, 5.41) is 0. The van der Waals surface area contributed by atoms with Crippen LogP contribution >= 0.6 is 0 Å². The molecule has 1 aromatic heterocycles. The second-order valence-corrected chi connectivity index (χ2v) is 6.38. The summed E-state index contributed by atoms with van der Waals surface area (Å²) < 4.78 is 0. The molecule has 0 radical (unpaired) electrons. The van der Waals surface area contributed by atoms with Crippen molar-refractivity contribution in [2.45, 2.75) is 38.6 Å². The molecule has 24 heavy (non-hydrogen) atoms. The summed E-state index contributed by atoms with van der Waals surface area (Å²) in [6.45, 7) is 5.17. The highest BCUT2D eigenvalue weighted by molar-refractivity contribution is 6.35. The third-order valence-corrected chi connectivity index (χ3v) is 4.94. The standard InChI is InChI=1S/C17H25N5O2/c1-2-14-6-3-4-9-22(14)16(24)15(23)20-10-12-21(13-11-20)17-18-7-5-8-19-17/h5,7-8,14H,2-4,6,9-13H2,1H3. The molecule has 0 saturated carbocycles. The number of carbonyl (C=O) groups is 2. The number of anilines is 1. The van der Waals surface area contributed by atoms with Crippen molar-refractivity contribution < 1.29 is 9.59 Å². The number of aromatic nitrogens is 2. The SMILES string of the molecule is CCC1CCCCN1C(=O)C(=O)N1CCN(c2ncccn2)CC1. The van der Waals surface area contributed by atoms with Crippen LogP contribution in [0.4, 0.5) is 5.95 Å². The van der Waals surface area contributed by atoms with Gasteiger partial charge in [0.1, 0.15) is 0 Å². The average molecular weight is 331 g/mol. The van der Waals surface area contributed by atoms with Crippen LogP contribution in [0, 0.1) is 0 Å². The van der Waals surface area contributed by atoms with Gasteiger partial charge in [-0.2, -0.15) is 0 Å². The summed E-state index contributed by atoms with van der Waals surface area (Å²) in [6.07, 6.45) is 7.49. The van der Waals surface area contributed by atoms with Crippen LogP contribution in [-0.2, 0) is 9.59 Å². The normalized spacial score (nSPS) is 21.7. The van der Waals surface area contributed by atoms with Crippen LogP contribution in [0.25, 0.3) is 0 Å². The number of amides is 2. The van der Waals surface area contributed by atoms with Gasteiger partial charge in [-0.25, -0.2) is 9.97 Å². The second-order valence-electron chi connectivity index (χ2n) is 6.38. The molecular formula is C17H25N5O2. The fourth-order valence-electron chi connectivity index (χ4n) is 3.51.